The SMILES string of the molecule is CN1CCC(CN(C)C(=O)N2CCCC2(C)C(=O)O)C1. The van der Waals surface area contributed by atoms with Gasteiger partial charge in [-0.25, -0.2) is 9.59 Å². The number of carboxylic acid groups (broad SMARTS) is 1. The number of carbonyl (C=O) groups is 2. The lowest BCUT2D eigenvalue weighted by atomic mass is 9.99. The van der Waals surface area contributed by atoms with Crippen molar-refractivity contribution in [2.45, 2.75) is 31.7 Å². The summed E-state index contributed by atoms with van der Waals surface area (Å²) in [6.45, 7) is 4.97. The van der Waals surface area contributed by atoms with Gasteiger partial charge in [0.05, 0.1) is 0 Å². The van der Waals surface area contributed by atoms with Gasteiger partial charge >= 0.3 is 12.0 Å². The molecule has 114 valence electrons. The summed E-state index contributed by atoms with van der Waals surface area (Å²) in [6, 6.07) is -0.151. The average molecular weight is 283 g/mol. The van der Waals surface area contributed by atoms with Crippen LogP contribution in [0.15, 0.2) is 0 Å². The number of rotatable bonds is 3. The fourth-order valence-corrected chi connectivity index (χ4v) is 3.34. The minimum Gasteiger partial charge on any atom is -0.480 e. The fraction of sp³-hybridized carbons (Fsp3) is 0.857. The molecule has 0 aromatic heterocycles. The topological polar surface area (TPSA) is 64.1 Å². The van der Waals surface area contributed by atoms with E-state index in [2.05, 4.69) is 11.9 Å². The zero-order valence-electron chi connectivity index (χ0n) is 12.6. The fourth-order valence-electron chi connectivity index (χ4n) is 3.34. The van der Waals surface area contributed by atoms with Gasteiger partial charge in [-0.3, -0.25) is 0 Å². The molecule has 6 nitrogen and oxygen atoms in total. The molecule has 2 aliphatic heterocycles. The van der Waals surface area contributed by atoms with Gasteiger partial charge in [0.25, 0.3) is 0 Å². The maximum absolute atomic E-state index is 12.5. The van der Waals surface area contributed by atoms with Crippen LogP contribution in [0.3, 0.4) is 0 Å². The highest BCUT2D eigenvalue weighted by Gasteiger charge is 2.46. The van der Waals surface area contributed by atoms with E-state index < -0.39 is 11.5 Å². The van der Waals surface area contributed by atoms with Crippen LogP contribution in [0.5, 0.6) is 0 Å². The van der Waals surface area contributed by atoms with Gasteiger partial charge in [-0.15, -0.1) is 0 Å². The molecular formula is C14H25N3O3. The largest absolute Gasteiger partial charge is 0.480 e. The molecule has 0 bridgehead atoms. The van der Waals surface area contributed by atoms with Crippen LogP contribution in [0.2, 0.25) is 0 Å². The summed E-state index contributed by atoms with van der Waals surface area (Å²) in [5, 5.41) is 9.37. The number of hydrogen-bond donors (Lipinski definition) is 1. The van der Waals surface area contributed by atoms with Crippen LogP contribution in [-0.2, 0) is 4.79 Å². The number of carboxylic acids is 1. The van der Waals surface area contributed by atoms with Crippen molar-refractivity contribution in [3.05, 3.63) is 0 Å². The predicted molar refractivity (Wildman–Crippen MR) is 75.6 cm³/mol. The summed E-state index contributed by atoms with van der Waals surface area (Å²) in [7, 11) is 3.87. The summed E-state index contributed by atoms with van der Waals surface area (Å²) >= 11 is 0. The summed E-state index contributed by atoms with van der Waals surface area (Å²) < 4.78 is 0. The van der Waals surface area contributed by atoms with Crippen molar-refractivity contribution >= 4 is 12.0 Å². The van der Waals surface area contributed by atoms with Crippen LogP contribution in [0.4, 0.5) is 4.79 Å². The number of amides is 2. The smallest absolute Gasteiger partial charge is 0.329 e. The molecule has 2 saturated heterocycles. The highest BCUT2D eigenvalue weighted by molar-refractivity contribution is 5.86. The third-order valence-electron chi connectivity index (χ3n) is 4.68. The van der Waals surface area contributed by atoms with Crippen molar-refractivity contribution in [1.82, 2.24) is 14.7 Å². The van der Waals surface area contributed by atoms with Gasteiger partial charge in [-0.1, -0.05) is 0 Å². The van der Waals surface area contributed by atoms with E-state index in [1.54, 1.807) is 18.9 Å². The highest BCUT2D eigenvalue weighted by atomic mass is 16.4. The van der Waals surface area contributed by atoms with Crippen molar-refractivity contribution in [3.63, 3.8) is 0 Å². The van der Waals surface area contributed by atoms with Crippen molar-refractivity contribution in [2.24, 2.45) is 5.92 Å². The molecule has 2 atom stereocenters. The highest BCUT2D eigenvalue weighted by Crippen LogP contribution is 2.30. The van der Waals surface area contributed by atoms with Gasteiger partial charge in [-0.05, 0) is 45.7 Å². The van der Waals surface area contributed by atoms with Crippen LogP contribution < -0.4 is 0 Å². The molecule has 2 aliphatic rings. The lowest BCUT2D eigenvalue weighted by Gasteiger charge is -2.35. The van der Waals surface area contributed by atoms with E-state index >= 15 is 0 Å². The second-order valence-electron chi connectivity index (χ2n) is 6.41. The Bertz CT molecular complexity index is 401. The first-order valence-electron chi connectivity index (χ1n) is 7.29. The first-order chi connectivity index (χ1) is 9.34. The Morgan fingerprint density at radius 1 is 1.40 bits per heavy atom. The molecule has 0 radical (unpaired) electrons. The van der Waals surface area contributed by atoms with Gasteiger partial charge in [0.1, 0.15) is 5.54 Å². The quantitative estimate of drug-likeness (QED) is 0.837. The van der Waals surface area contributed by atoms with Gasteiger partial charge < -0.3 is 19.8 Å². The summed E-state index contributed by atoms with van der Waals surface area (Å²) in [6.07, 6.45) is 2.40. The van der Waals surface area contributed by atoms with E-state index in [4.69, 9.17) is 0 Å². The predicted octanol–water partition coefficient (Wildman–Crippen LogP) is 0.929. The Labute approximate surface area is 120 Å². The number of nitrogens with zero attached hydrogens (tertiary/aromatic N) is 3. The van der Waals surface area contributed by atoms with E-state index in [-0.39, 0.29) is 6.03 Å². The molecule has 0 spiro atoms. The van der Waals surface area contributed by atoms with Crippen LogP contribution in [0, 0.1) is 5.92 Å². The minimum atomic E-state index is -1.04. The molecule has 6 heteroatoms. The second-order valence-corrected chi connectivity index (χ2v) is 6.41. The zero-order valence-corrected chi connectivity index (χ0v) is 12.6. The molecule has 2 fully saturated rings. The van der Waals surface area contributed by atoms with Crippen LogP contribution in [0.25, 0.3) is 0 Å². The van der Waals surface area contributed by atoms with E-state index in [0.717, 1.165) is 25.9 Å². The number of aliphatic carboxylic acids is 1. The molecule has 0 saturated carbocycles. The molecule has 1 N–H and O–H groups in total. The van der Waals surface area contributed by atoms with E-state index in [1.165, 1.54) is 4.90 Å². The number of urea groups is 1. The maximum Gasteiger partial charge on any atom is 0.329 e. The Morgan fingerprint density at radius 2 is 2.10 bits per heavy atom. The molecule has 2 rings (SSSR count). The van der Waals surface area contributed by atoms with E-state index in [9.17, 15) is 14.7 Å². The summed E-state index contributed by atoms with van der Waals surface area (Å²) in [5.74, 6) is -0.412. The molecule has 0 aliphatic carbocycles. The monoisotopic (exact) mass is 283 g/mol. The molecular weight excluding hydrogens is 258 g/mol. The maximum atomic E-state index is 12.5. The molecule has 0 aromatic rings. The van der Waals surface area contributed by atoms with Crippen molar-refractivity contribution in [3.8, 4) is 0 Å². The first kappa shape index (κ1) is 15.1. The zero-order chi connectivity index (χ0) is 14.9. The van der Waals surface area contributed by atoms with E-state index in [0.29, 0.717) is 25.4 Å². The normalized spacial score (nSPS) is 30.8. The standard InChI is InChI=1S/C14H25N3O3/c1-14(12(18)19)6-4-7-17(14)13(20)16(3)10-11-5-8-15(2)9-11/h11H,4-10H2,1-3H3,(H,18,19). The molecule has 0 aromatic carbocycles. The van der Waals surface area contributed by atoms with Crippen LogP contribution >= 0.6 is 0 Å². The minimum absolute atomic E-state index is 0.151. The summed E-state index contributed by atoms with van der Waals surface area (Å²) in [4.78, 5) is 29.4. The van der Waals surface area contributed by atoms with Crippen LogP contribution in [0.1, 0.15) is 26.2 Å². The Kier molecular flexibility index (Phi) is 4.22. The molecule has 2 amide bonds. The van der Waals surface area contributed by atoms with Crippen LogP contribution in [-0.4, -0.2) is 77.6 Å². The number of carbonyl (C=O) groups excluding carboxylic acids is 1. The number of likely N-dealkylation sites (tertiary alicyclic amines) is 2. The van der Waals surface area contributed by atoms with Crippen molar-refractivity contribution in [1.29, 1.82) is 0 Å². The van der Waals surface area contributed by atoms with Gasteiger partial charge in [0.15, 0.2) is 0 Å². The second kappa shape index (κ2) is 5.60. The lowest BCUT2D eigenvalue weighted by Crippen LogP contribution is -2.55. The average Bonchev–Trinajstić information content (AvgIpc) is 2.95. The molecule has 2 heterocycles. The first-order valence-corrected chi connectivity index (χ1v) is 7.29. The third kappa shape index (κ3) is 2.75. The number of hydrogen-bond acceptors (Lipinski definition) is 3. The Morgan fingerprint density at radius 3 is 2.65 bits per heavy atom. The lowest BCUT2D eigenvalue weighted by molar-refractivity contribution is -0.147. The Hall–Kier alpha value is -1.30. The third-order valence-corrected chi connectivity index (χ3v) is 4.68. The molecule has 20 heavy (non-hydrogen) atoms. The van der Waals surface area contributed by atoms with Gasteiger partial charge in [0, 0.05) is 26.7 Å². The Balaban J connectivity index is 1.98. The van der Waals surface area contributed by atoms with E-state index in [1.807, 2.05) is 0 Å². The van der Waals surface area contributed by atoms with Gasteiger partial charge in [-0.2, -0.15) is 0 Å². The van der Waals surface area contributed by atoms with Crippen molar-refractivity contribution < 1.29 is 14.7 Å². The van der Waals surface area contributed by atoms with Crippen molar-refractivity contribution in [2.75, 3.05) is 40.3 Å². The van der Waals surface area contributed by atoms with Gasteiger partial charge in [0.2, 0.25) is 0 Å². The summed E-state index contributed by atoms with van der Waals surface area (Å²) in [5.41, 5.74) is -1.04. The molecule has 2 unspecified atom stereocenters.